The highest BCUT2D eigenvalue weighted by molar-refractivity contribution is 5.89. The van der Waals surface area contributed by atoms with Crippen molar-refractivity contribution in [1.29, 1.82) is 0 Å². The van der Waals surface area contributed by atoms with Crippen molar-refractivity contribution in [3.05, 3.63) is 24.3 Å². The molecule has 0 bridgehead atoms. The number of urea groups is 1. The Kier molecular flexibility index (Phi) is 6.31. The Bertz CT molecular complexity index is 410. The van der Waals surface area contributed by atoms with Gasteiger partial charge in [0.15, 0.2) is 0 Å². The molecule has 0 aromatic heterocycles. The molecule has 0 saturated carbocycles. The first kappa shape index (κ1) is 16.3. The van der Waals surface area contributed by atoms with E-state index in [0.29, 0.717) is 19.8 Å². The van der Waals surface area contributed by atoms with Crippen molar-refractivity contribution >= 4 is 11.7 Å². The van der Waals surface area contributed by atoms with Gasteiger partial charge in [-0.25, -0.2) is 4.79 Å². The highest BCUT2D eigenvalue weighted by atomic mass is 16.5. The molecule has 2 N–H and O–H groups in total. The fourth-order valence-electron chi connectivity index (χ4n) is 1.40. The van der Waals surface area contributed by atoms with Crippen LogP contribution in [0, 0.1) is 5.41 Å². The molecule has 1 aromatic rings. The van der Waals surface area contributed by atoms with Crippen LogP contribution in [0.1, 0.15) is 20.8 Å². The maximum atomic E-state index is 11.7. The van der Waals surface area contributed by atoms with Crippen LogP contribution in [0.25, 0.3) is 0 Å². The van der Waals surface area contributed by atoms with E-state index in [1.807, 2.05) is 12.1 Å². The van der Waals surface area contributed by atoms with Crippen LogP contribution in [0.3, 0.4) is 0 Å². The van der Waals surface area contributed by atoms with Gasteiger partial charge in [0.1, 0.15) is 12.4 Å². The van der Waals surface area contributed by atoms with Crippen LogP contribution >= 0.6 is 0 Å². The number of carbonyl (C=O) groups is 1. The molecule has 0 spiro atoms. The summed E-state index contributed by atoms with van der Waals surface area (Å²) in [6, 6.07) is 7.04. The van der Waals surface area contributed by atoms with Crippen LogP contribution in [0.4, 0.5) is 10.5 Å². The van der Waals surface area contributed by atoms with Gasteiger partial charge in [-0.15, -0.1) is 0 Å². The molecular formula is C15H24N2O3. The number of rotatable bonds is 6. The number of methoxy groups -OCH3 is 1. The highest BCUT2D eigenvalue weighted by Gasteiger charge is 2.11. The maximum absolute atomic E-state index is 11.7. The molecule has 0 saturated heterocycles. The summed E-state index contributed by atoms with van der Waals surface area (Å²) in [5.74, 6) is 0.752. The number of anilines is 1. The standard InChI is InChI=1S/C15H24N2O3/c1-15(2,3)11-16-14(18)17-12-5-7-13(8-6-12)20-10-9-19-4/h5-8H,9-11H2,1-4H3,(H2,16,17,18). The maximum Gasteiger partial charge on any atom is 0.319 e. The summed E-state index contributed by atoms with van der Waals surface area (Å²) < 4.78 is 10.3. The van der Waals surface area contributed by atoms with Crippen LogP contribution < -0.4 is 15.4 Å². The third-order valence-corrected chi connectivity index (χ3v) is 2.45. The van der Waals surface area contributed by atoms with E-state index in [9.17, 15) is 4.79 Å². The van der Waals surface area contributed by atoms with E-state index in [1.165, 1.54) is 0 Å². The fourth-order valence-corrected chi connectivity index (χ4v) is 1.40. The number of ether oxygens (including phenoxy) is 2. The molecule has 0 unspecified atom stereocenters. The third-order valence-electron chi connectivity index (χ3n) is 2.45. The largest absolute Gasteiger partial charge is 0.491 e. The lowest BCUT2D eigenvalue weighted by Gasteiger charge is -2.19. The van der Waals surface area contributed by atoms with Gasteiger partial charge in [0.25, 0.3) is 0 Å². The van der Waals surface area contributed by atoms with Crippen LogP contribution in [-0.2, 0) is 4.74 Å². The Balaban J connectivity index is 2.39. The molecule has 0 aliphatic heterocycles. The molecule has 1 rings (SSSR count). The Hall–Kier alpha value is -1.75. The second-order valence-electron chi connectivity index (χ2n) is 5.73. The highest BCUT2D eigenvalue weighted by Crippen LogP contribution is 2.16. The zero-order valence-electron chi connectivity index (χ0n) is 12.7. The van der Waals surface area contributed by atoms with Gasteiger partial charge in [0.05, 0.1) is 6.61 Å². The zero-order valence-corrected chi connectivity index (χ0v) is 12.7. The SMILES string of the molecule is COCCOc1ccc(NC(=O)NCC(C)(C)C)cc1. The molecule has 2 amide bonds. The van der Waals surface area contributed by atoms with E-state index in [4.69, 9.17) is 9.47 Å². The molecule has 20 heavy (non-hydrogen) atoms. The summed E-state index contributed by atoms with van der Waals surface area (Å²) in [6.07, 6.45) is 0. The van der Waals surface area contributed by atoms with E-state index in [1.54, 1.807) is 19.2 Å². The molecule has 0 radical (unpaired) electrons. The molecule has 112 valence electrons. The second kappa shape index (κ2) is 7.75. The lowest BCUT2D eigenvalue weighted by atomic mass is 9.97. The van der Waals surface area contributed by atoms with Gasteiger partial charge >= 0.3 is 6.03 Å². The van der Waals surface area contributed by atoms with Crippen LogP contribution in [0.5, 0.6) is 5.75 Å². The van der Waals surface area contributed by atoms with Gasteiger partial charge in [-0.3, -0.25) is 0 Å². The molecule has 0 aliphatic carbocycles. The quantitative estimate of drug-likeness (QED) is 0.788. The van der Waals surface area contributed by atoms with Gasteiger partial charge < -0.3 is 20.1 Å². The number of amides is 2. The number of hydrogen-bond acceptors (Lipinski definition) is 3. The summed E-state index contributed by atoms with van der Waals surface area (Å²) in [6.45, 7) is 7.89. The normalized spacial score (nSPS) is 11.0. The number of hydrogen-bond donors (Lipinski definition) is 2. The Morgan fingerprint density at radius 2 is 1.80 bits per heavy atom. The number of nitrogens with one attached hydrogen (secondary N) is 2. The summed E-state index contributed by atoms with van der Waals surface area (Å²) in [5, 5.41) is 5.61. The molecule has 1 aromatic carbocycles. The Labute approximate surface area is 120 Å². The van der Waals surface area contributed by atoms with E-state index < -0.39 is 0 Å². The first-order valence-corrected chi connectivity index (χ1v) is 6.67. The van der Waals surface area contributed by atoms with Crippen molar-refractivity contribution in [3.63, 3.8) is 0 Å². The van der Waals surface area contributed by atoms with Crippen molar-refractivity contribution < 1.29 is 14.3 Å². The van der Waals surface area contributed by atoms with Crippen molar-refractivity contribution in [2.45, 2.75) is 20.8 Å². The van der Waals surface area contributed by atoms with E-state index in [2.05, 4.69) is 31.4 Å². The average Bonchev–Trinajstić information content (AvgIpc) is 2.38. The van der Waals surface area contributed by atoms with E-state index in [-0.39, 0.29) is 11.4 Å². The first-order valence-electron chi connectivity index (χ1n) is 6.67. The zero-order chi connectivity index (χ0) is 15.0. The topological polar surface area (TPSA) is 59.6 Å². The Morgan fingerprint density at radius 3 is 2.35 bits per heavy atom. The van der Waals surface area contributed by atoms with Gasteiger partial charge in [0, 0.05) is 19.3 Å². The fraction of sp³-hybridized carbons (Fsp3) is 0.533. The number of benzene rings is 1. The third kappa shape index (κ3) is 6.99. The molecule has 0 aliphatic rings. The molecule has 5 heteroatoms. The summed E-state index contributed by atoms with van der Waals surface area (Å²) in [7, 11) is 1.63. The van der Waals surface area contributed by atoms with Crippen LogP contribution in [0.15, 0.2) is 24.3 Å². The lowest BCUT2D eigenvalue weighted by molar-refractivity contribution is 0.146. The molecule has 5 nitrogen and oxygen atoms in total. The first-order chi connectivity index (χ1) is 9.40. The summed E-state index contributed by atoms with van der Waals surface area (Å²) in [5.41, 5.74) is 0.798. The average molecular weight is 280 g/mol. The predicted molar refractivity (Wildman–Crippen MR) is 80.3 cm³/mol. The molecular weight excluding hydrogens is 256 g/mol. The van der Waals surface area contributed by atoms with Crippen molar-refractivity contribution in [2.75, 3.05) is 32.2 Å². The van der Waals surface area contributed by atoms with Crippen LogP contribution in [-0.4, -0.2) is 32.9 Å². The van der Waals surface area contributed by atoms with Crippen molar-refractivity contribution in [3.8, 4) is 5.75 Å². The van der Waals surface area contributed by atoms with Gasteiger partial charge in [-0.1, -0.05) is 20.8 Å². The van der Waals surface area contributed by atoms with Crippen molar-refractivity contribution in [2.24, 2.45) is 5.41 Å². The van der Waals surface area contributed by atoms with Crippen molar-refractivity contribution in [1.82, 2.24) is 5.32 Å². The van der Waals surface area contributed by atoms with Gasteiger partial charge in [0.2, 0.25) is 0 Å². The lowest BCUT2D eigenvalue weighted by Crippen LogP contribution is -2.35. The van der Waals surface area contributed by atoms with Gasteiger partial charge in [-0.05, 0) is 29.7 Å². The molecule has 0 atom stereocenters. The predicted octanol–water partition coefficient (Wildman–Crippen LogP) is 2.88. The smallest absolute Gasteiger partial charge is 0.319 e. The molecule has 0 heterocycles. The summed E-state index contributed by atoms with van der Waals surface area (Å²) >= 11 is 0. The minimum absolute atomic E-state index is 0.0659. The van der Waals surface area contributed by atoms with Gasteiger partial charge in [-0.2, -0.15) is 0 Å². The molecule has 0 fully saturated rings. The van der Waals surface area contributed by atoms with E-state index >= 15 is 0 Å². The monoisotopic (exact) mass is 280 g/mol. The minimum Gasteiger partial charge on any atom is -0.491 e. The van der Waals surface area contributed by atoms with E-state index in [0.717, 1.165) is 11.4 Å². The second-order valence-corrected chi connectivity index (χ2v) is 5.73. The minimum atomic E-state index is -0.201. The van der Waals surface area contributed by atoms with Crippen LogP contribution in [0.2, 0.25) is 0 Å². The Morgan fingerprint density at radius 1 is 1.15 bits per heavy atom. The number of carbonyl (C=O) groups excluding carboxylic acids is 1. The summed E-state index contributed by atoms with van der Waals surface area (Å²) in [4.78, 5) is 11.7.